The number of carbonyl (C=O) groups is 3. The Balaban J connectivity index is 1.49. The number of aryl methyl sites for hydroxylation is 1. The largest absolute Gasteiger partial charge is 0.352 e. The molecule has 1 aliphatic carbocycles. The number of amides is 3. The molecular formula is C32H35N3O5S. The lowest BCUT2D eigenvalue weighted by Crippen LogP contribution is -2.55. The fourth-order valence-corrected chi connectivity index (χ4v) is 7.22. The third-order valence-electron chi connectivity index (χ3n) is 7.85. The quantitative estimate of drug-likeness (QED) is 0.413. The van der Waals surface area contributed by atoms with Gasteiger partial charge in [-0.2, -0.15) is 0 Å². The van der Waals surface area contributed by atoms with E-state index in [2.05, 4.69) is 5.32 Å². The Labute approximate surface area is 241 Å². The number of benzene rings is 3. The zero-order chi connectivity index (χ0) is 29.0. The average Bonchev–Trinajstić information content (AvgIpc) is 3.16. The second-order valence-electron chi connectivity index (χ2n) is 10.9. The minimum Gasteiger partial charge on any atom is -0.352 e. The van der Waals surface area contributed by atoms with E-state index in [9.17, 15) is 22.8 Å². The summed E-state index contributed by atoms with van der Waals surface area (Å²) in [5, 5.41) is 3.17. The van der Waals surface area contributed by atoms with Gasteiger partial charge in [0, 0.05) is 19.0 Å². The molecule has 1 atom stereocenters. The summed E-state index contributed by atoms with van der Waals surface area (Å²) in [6.45, 7) is 1.34. The molecule has 0 unspecified atom stereocenters. The van der Waals surface area contributed by atoms with Gasteiger partial charge in [0.05, 0.1) is 5.56 Å². The minimum absolute atomic E-state index is 0.0282. The van der Waals surface area contributed by atoms with Gasteiger partial charge in [-0.25, -0.2) is 12.7 Å². The maximum atomic E-state index is 14.1. The Hall–Kier alpha value is -3.98. The summed E-state index contributed by atoms with van der Waals surface area (Å²) < 4.78 is 27.2. The van der Waals surface area contributed by atoms with Crippen molar-refractivity contribution in [2.24, 2.45) is 0 Å². The normalized spacial score (nSPS) is 17.1. The predicted octanol–water partition coefficient (Wildman–Crippen LogP) is 4.23. The maximum Gasteiger partial charge on any atom is 0.269 e. The molecule has 3 aromatic rings. The van der Waals surface area contributed by atoms with Gasteiger partial charge in [-0.05, 0) is 43.0 Å². The van der Waals surface area contributed by atoms with Gasteiger partial charge >= 0.3 is 0 Å². The molecular weight excluding hydrogens is 538 g/mol. The zero-order valence-electron chi connectivity index (χ0n) is 23.2. The summed E-state index contributed by atoms with van der Waals surface area (Å²) >= 11 is 0. The van der Waals surface area contributed by atoms with Crippen molar-refractivity contribution in [1.82, 2.24) is 14.5 Å². The minimum atomic E-state index is -4.20. The highest BCUT2D eigenvalue weighted by molar-refractivity contribution is 7.90. The van der Waals surface area contributed by atoms with E-state index in [4.69, 9.17) is 0 Å². The fourth-order valence-electron chi connectivity index (χ4n) is 5.71. The Morgan fingerprint density at radius 3 is 2.32 bits per heavy atom. The standard InChI is InChI=1S/C32H35N3O5S/c1-23-11-10-14-25(19-23)21-34(30(36)22-35-32(38)27-17-8-9-18-29(27)41(35,39)40)28(20-24-12-4-2-5-13-24)31(37)33-26-15-6-3-7-16-26/h2,4-5,8-14,17-19,26,28H,3,6-7,15-16,20-22H2,1H3,(H,33,37)/t28-/m1/s1. The molecule has 0 bridgehead atoms. The molecule has 1 N–H and O–H groups in total. The van der Waals surface area contributed by atoms with Crippen LogP contribution in [0, 0.1) is 6.92 Å². The molecule has 214 valence electrons. The molecule has 1 aliphatic heterocycles. The molecule has 3 amide bonds. The van der Waals surface area contributed by atoms with Gasteiger partial charge in [0.2, 0.25) is 11.8 Å². The molecule has 1 fully saturated rings. The third-order valence-corrected chi connectivity index (χ3v) is 9.64. The maximum absolute atomic E-state index is 14.1. The van der Waals surface area contributed by atoms with Crippen molar-refractivity contribution in [3.05, 3.63) is 101 Å². The lowest BCUT2D eigenvalue weighted by molar-refractivity contribution is -0.141. The summed E-state index contributed by atoms with van der Waals surface area (Å²) in [5.74, 6) is -1.63. The van der Waals surface area contributed by atoms with Crippen LogP contribution in [0.5, 0.6) is 0 Å². The fraction of sp³-hybridized carbons (Fsp3) is 0.344. The summed E-state index contributed by atoms with van der Waals surface area (Å²) in [5.41, 5.74) is 2.71. The van der Waals surface area contributed by atoms with Crippen LogP contribution in [0.3, 0.4) is 0 Å². The second kappa shape index (κ2) is 12.3. The smallest absolute Gasteiger partial charge is 0.269 e. The highest BCUT2D eigenvalue weighted by Crippen LogP contribution is 2.30. The van der Waals surface area contributed by atoms with E-state index in [1.54, 1.807) is 12.1 Å². The van der Waals surface area contributed by atoms with Gasteiger partial charge in [0.1, 0.15) is 17.5 Å². The molecule has 0 aromatic heterocycles. The van der Waals surface area contributed by atoms with Crippen LogP contribution in [0.15, 0.2) is 83.8 Å². The lowest BCUT2D eigenvalue weighted by Gasteiger charge is -2.34. The van der Waals surface area contributed by atoms with E-state index in [0.29, 0.717) is 4.31 Å². The summed E-state index contributed by atoms with van der Waals surface area (Å²) in [7, 11) is -4.20. The first kappa shape index (κ1) is 28.5. The number of rotatable bonds is 9. The highest BCUT2D eigenvalue weighted by Gasteiger charge is 2.43. The van der Waals surface area contributed by atoms with Gasteiger partial charge in [-0.1, -0.05) is 91.6 Å². The van der Waals surface area contributed by atoms with E-state index >= 15 is 0 Å². The van der Waals surface area contributed by atoms with Gasteiger partial charge in [-0.15, -0.1) is 0 Å². The van der Waals surface area contributed by atoms with Crippen molar-refractivity contribution in [3.8, 4) is 0 Å². The van der Waals surface area contributed by atoms with Gasteiger partial charge < -0.3 is 10.2 Å². The van der Waals surface area contributed by atoms with E-state index in [1.165, 1.54) is 17.0 Å². The van der Waals surface area contributed by atoms with Crippen LogP contribution in [0.4, 0.5) is 0 Å². The first-order chi connectivity index (χ1) is 19.7. The molecule has 2 aliphatic rings. The number of carbonyl (C=O) groups excluding carboxylic acids is 3. The van der Waals surface area contributed by atoms with E-state index < -0.39 is 34.4 Å². The number of nitrogens with zero attached hydrogens (tertiary/aromatic N) is 2. The molecule has 1 saturated carbocycles. The van der Waals surface area contributed by atoms with Crippen molar-refractivity contribution in [3.63, 3.8) is 0 Å². The first-order valence-electron chi connectivity index (χ1n) is 14.1. The van der Waals surface area contributed by atoms with Crippen LogP contribution in [0.2, 0.25) is 0 Å². The molecule has 0 spiro atoms. The molecule has 5 rings (SSSR count). The molecule has 8 nitrogen and oxygen atoms in total. The monoisotopic (exact) mass is 573 g/mol. The highest BCUT2D eigenvalue weighted by atomic mass is 32.2. The van der Waals surface area contributed by atoms with Crippen LogP contribution in [0.1, 0.15) is 59.2 Å². The number of nitrogens with one attached hydrogen (secondary N) is 1. The number of sulfonamides is 1. The van der Waals surface area contributed by atoms with Crippen LogP contribution in [0.25, 0.3) is 0 Å². The molecule has 1 heterocycles. The van der Waals surface area contributed by atoms with Crippen LogP contribution >= 0.6 is 0 Å². The molecule has 41 heavy (non-hydrogen) atoms. The van der Waals surface area contributed by atoms with Gasteiger partial charge in [-0.3, -0.25) is 14.4 Å². The molecule has 0 saturated heterocycles. The Morgan fingerprint density at radius 1 is 0.927 bits per heavy atom. The van der Waals surface area contributed by atoms with E-state index in [-0.39, 0.29) is 35.4 Å². The predicted molar refractivity (Wildman–Crippen MR) is 155 cm³/mol. The van der Waals surface area contributed by atoms with E-state index in [0.717, 1.165) is 48.8 Å². The summed E-state index contributed by atoms with van der Waals surface area (Å²) in [4.78, 5) is 42.5. The van der Waals surface area contributed by atoms with Crippen molar-refractivity contribution < 1.29 is 22.8 Å². The van der Waals surface area contributed by atoms with Gasteiger partial charge in [0.15, 0.2) is 0 Å². The SMILES string of the molecule is Cc1cccc(CN(C(=O)CN2C(=O)c3ccccc3S2(=O)=O)[C@H](Cc2ccccc2)C(=O)NC2CCCCC2)c1. The zero-order valence-corrected chi connectivity index (χ0v) is 24.0. The number of fused-ring (bicyclic) bond motifs is 1. The molecule has 0 radical (unpaired) electrons. The van der Waals surface area contributed by atoms with Gasteiger partial charge in [0.25, 0.3) is 15.9 Å². The Kier molecular flexibility index (Phi) is 8.54. The summed E-state index contributed by atoms with van der Waals surface area (Å²) in [6, 6.07) is 22.2. The van der Waals surface area contributed by atoms with Crippen LogP contribution in [-0.4, -0.2) is 54.0 Å². The van der Waals surface area contributed by atoms with Crippen molar-refractivity contribution in [2.75, 3.05) is 6.54 Å². The topological polar surface area (TPSA) is 104 Å². The number of hydrogen-bond acceptors (Lipinski definition) is 5. The number of hydrogen-bond donors (Lipinski definition) is 1. The van der Waals surface area contributed by atoms with Crippen molar-refractivity contribution >= 4 is 27.7 Å². The van der Waals surface area contributed by atoms with Crippen molar-refractivity contribution in [2.45, 2.75) is 69.0 Å². The van der Waals surface area contributed by atoms with Crippen LogP contribution < -0.4 is 5.32 Å². The first-order valence-corrected chi connectivity index (χ1v) is 15.5. The van der Waals surface area contributed by atoms with E-state index in [1.807, 2.05) is 61.5 Å². The van der Waals surface area contributed by atoms with Crippen LogP contribution in [-0.2, 0) is 32.6 Å². The lowest BCUT2D eigenvalue weighted by atomic mass is 9.94. The molecule has 3 aromatic carbocycles. The Bertz CT molecular complexity index is 1530. The van der Waals surface area contributed by atoms with Crippen molar-refractivity contribution in [1.29, 1.82) is 0 Å². The second-order valence-corrected chi connectivity index (χ2v) is 12.7. The molecule has 9 heteroatoms. The Morgan fingerprint density at radius 2 is 1.61 bits per heavy atom. The summed E-state index contributed by atoms with van der Waals surface area (Å²) in [6.07, 6.45) is 5.23. The average molecular weight is 574 g/mol. The third kappa shape index (κ3) is 6.35.